The van der Waals surface area contributed by atoms with Crippen LogP contribution in [0, 0.1) is 0 Å². The highest BCUT2D eigenvalue weighted by Crippen LogP contribution is 2.09. The number of rotatable bonds is 6. The molecule has 0 aromatic heterocycles. The molecule has 0 saturated carbocycles. The van der Waals surface area contributed by atoms with E-state index in [1.54, 1.807) is 0 Å². The largest absolute Gasteiger partial charge is 0.343 e. The van der Waals surface area contributed by atoms with Crippen LogP contribution in [0.1, 0.15) is 19.3 Å². The van der Waals surface area contributed by atoms with E-state index in [2.05, 4.69) is 9.44 Å². The molecule has 0 aromatic carbocycles. The standard InChI is InChI=1S/C8H17N3OS/c1-9-13-10-5-3-7-11-6-2-4-8(11)12/h9-10H,2-7H2,1H3. The van der Waals surface area contributed by atoms with E-state index < -0.39 is 0 Å². The first-order valence-corrected chi connectivity index (χ1v) is 5.49. The molecule has 0 bridgehead atoms. The molecule has 0 atom stereocenters. The number of amides is 1. The molecule has 1 fully saturated rings. The molecule has 4 nitrogen and oxygen atoms in total. The fourth-order valence-corrected chi connectivity index (χ4v) is 1.80. The van der Waals surface area contributed by atoms with Crippen LogP contribution in [-0.2, 0) is 4.79 Å². The summed E-state index contributed by atoms with van der Waals surface area (Å²) < 4.78 is 6.07. The summed E-state index contributed by atoms with van der Waals surface area (Å²) in [5.41, 5.74) is 0. The molecule has 0 aromatic rings. The number of nitrogens with zero attached hydrogens (tertiary/aromatic N) is 1. The lowest BCUT2D eigenvalue weighted by Crippen LogP contribution is -2.27. The van der Waals surface area contributed by atoms with Crippen molar-refractivity contribution in [1.82, 2.24) is 14.3 Å². The van der Waals surface area contributed by atoms with Crippen molar-refractivity contribution < 1.29 is 4.79 Å². The molecule has 1 aliphatic rings. The minimum Gasteiger partial charge on any atom is -0.343 e. The summed E-state index contributed by atoms with van der Waals surface area (Å²) in [6.45, 7) is 2.80. The van der Waals surface area contributed by atoms with E-state index in [0.29, 0.717) is 5.91 Å². The van der Waals surface area contributed by atoms with Crippen LogP contribution in [0.4, 0.5) is 0 Å². The van der Waals surface area contributed by atoms with Crippen molar-refractivity contribution in [2.24, 2.45) is 0 Å². The topological polar surface area (TPSA) is 44.4 Å². The van der Waals surface area contributed by atoms with E-state index in [0.717, 1.165) is 38.9 Å². The van der Waals surface area contributed by atoms with Crippen molar-refractivity contribution in [3.05, 3.63) is 0 Å². The number of carbonyl (C=O) groups is 1. The van der Waals surface area contributed by atoms with Gasteiger partial charge in [0.15, 0.2) is 0 Å². The number of likely N-dealkylation sites (tertiary alicyclic amines) is 1. The van der Waals surface area contributed by atoms with Crippen molar-refractivity contribution in [3.63, 3.8) is 0 Å². The lowest BCUT2D eigenvalue weighted by atomic mass is 10.4. The molecule has 0 unspecified atom stereocenters. The molecule has 0 aliphatic carbocycles. The molecular formula is C8H17N3OS. The van der Waals surface area contributed by atoms with Crippen LogP contribution in [0.5, 0.6) is 0 Å². The Morgan fingerprint density at radius 2 is 2.46 bits per heavy atom. The van der Waals surface area contributed by atoms with Gasteiger partial charge in [0.25, 0.3) is 0 Å². The molecule has 1 rings (SSSR count). The third-order valence-electron chi connectivity index (χ3n) is 2.05. The number of carbonyl (C=O) groups excluding carboxylic acids is 1. The van der Waals surface area contributed by atoms with E-state index in [-0.39, 0.29) is 0 Å². The van der Waals surface area contributed by atoms with E-state index in [4.69, 9.17) is 0 Å². The SMILES string of the molecule is CNSNCCCN1CCCC1=O. The smallest absolute Gasteiger partial charge is 0.222 e. The maximum Gasteiger partial charge on any atom is 0.222 e. The minimum atomic E-state index is 0.321. The second-order valence-electron chi connectivity index (χ2n) is 3.04. The maximum absolute atomic E-state index is 11.2. The molecule has 1 heterocycles. The Balaban J connectivity index is 1.96. The summed E-state index contributed by atoms with van der Waals surface area (Å²) in [6, 6.07) is 0. The Morgan fingerprint density at radius 3 is 3.08 bits per heavy atom. The molecule has 0 radical (unpaired) electrons. The van der Waals surface area contributed by atoms with Crippen LogP contribution in [0.2, 0.25) is 0 Å². The molecule has 13 heavy (non-hydrogen) atoms. The van der Waals surface area contributed by atoms with E-state index >= 15 is 0 Å². The van der Waals surface area contributed by atoms with Gasteiger partial charge >= 0.3 is 0 Å². The monoisotopic (exact) mass is 203 g/mol. The van der Waals surface area contributed by atoms with E-state index in [9.17, 15) is 4.79 Å². The number of nitrogens with one attached hydrogen (secondary N) is 2. The average molecular weight is 203 g/mol. The lowest BCUT2D eigenvalue weighted by Gasteiger charge is -2.14. The molecule has 1 saturated heterocycles. The van der Waals surface area contributed by atoms with Gasteiger partial charge in [0, 0.05) is 38.2 Å². The highest BCUT2D eigenvalue weighted by molar-refractivity contribution is 7.95. The van der Waals surface area contributed by atoms with Crippen LogP contribution in [-0.4, -0.2) is 37.5 Å². The highest BCUT2D eigenvalue weighted by Gasteiger charge is 2.18. The Bertz CT molecular complexity index is 165. The first-order chi connectivity index (χ1) is 6.34. The second-order valence-corrected chi connectivity index (χ2v) is 3.94. The van der Waals surface area contributed by atoms with Gasteiger partial charge in [-0.05, 0) is 19.9 Å². The Hall–Kier alpha value is -0.260. The Morgan fingerprint density at radius 1 is 1.62 bits per heavy atom. The van der Waals surface area contributed by atoms with Crippen LogP contribution in [0.15, 0.2) is 0 Å². The maximum atomic E-state index is 11.2. The lowest BCUT2D eigenvalue weighted by molar-refractivity contribution is -0.127. The van der Waals surface area contributed by atoms with Crippen LogP contribution >= 0.6 is 12.1 Å². The fraction of sp³-hybridized carbons (Fsp3) is 0.875. The first-order valence-electron chi connectivity index (χ1n) is 4.68. The first kappa shape index (κ1) is 10.8. The van der Waals surface area contributed by atoms with Gasteiger partial charge in [-0.15, -0.1) is 0 Å². The zero-order valence-corrected chi connectivity index (χ0v) is 8.82. The van der Waals surface area contributed by atoms with Crippen molar-refractivity contribution in [2.75, 3.05) is 26.7 Å². The van der Waals surface area contributed by atoms with E-state index in [1.165, 1.54) is 12.1 Å². The average Bonchev–Trinajstić information content (AvgIpc) is 2.52. The Labute approximate surface area is 83.7 Å². The molecule has 2 N–H and O–H groups in total. The van der Waals surface area contributed by atoms with Gasteiger partial charge in [-0.3, -0.25) is 14.2 Å². The van der Waals surface area contributed by atoms with Gasteiger partial charge in [0.05, 0.1) is 0 Å². The summed E-state index contributed by atoms with van der Waals surface area (Å²) in [5, 5.41) is 0. The summed E-state index contributed by atoms with van der Waals surface area (Å²) in [5.74, 6) is 0.321. The summed E-state index contributed by atoms with van der Waals surface area (Å²) >= 11 is 1.49. The molecule has 1 amide bonds. The third kappa shape index (κ3) is 3.97. The highest BCUT2D eigenvalue weighted by atomic mass is 32.2. The predicted octanol–water partition coefficient (Wildman–Crippen LogP) is 0.371. The van der Waals surface area contributed by atoms with Gasteiger partial charge in [-0.2, -0.15) is 0 Å². The summed E-state index contributed by atoms with van der Waals surface area (Å²) in [4.78, 5) is 13.1. The van der Waals surface area contributed by atoms with Crippen molar-refractivity contribution in [2.45, 2.75) is 19.3 Å². The van der Waals surface area contributed by atoms with Gasteiger partial charge in [0.1, 0.15) is 0 Å². The second kappa shape index (κ2) is 6.23. The normalized spacial score (nSPS) is 17.0. The summed E-state index contributed by atoms with van der Waals surface area (Å²) in [7, 11) is 1.88. The molecule has 76 valence electrons. The van der Waals surface area contributed by atoms with Crippen molar-refractivity contribution in [1.29, 1.82) is 0 Å². The van der Waals surface area contributed by atoms with Gasteiger partial charge in [-0.25, -0.2) is 0 Å². The predicted molar refractivity (Wildman–Crippen MR) is 55.1 cm³/mol. The van der Waals surface area contributed by atoms with E-state index in [1.807, 2.05) is 11.9 Å². The molecule has 5 heteroatoms. The van der Waals surface area contributed by atoms with Crippen LogP contribution in [0.25, 0.3) is 0 Å². The quantitative estimate of drug-likeness (QED) is 0.483. The molecule has 0 spiro atoms. The third-order valence-corrected chi connectivity index (χ3v) is 2.61. The zero-order chi connectivity index (χ0) is 9.52. The summed E-state index contributed by atoms with van der Waals surface area (Å²) in [6.07, 6.45) is 2.82. The van der Waals surface area contributed by atoms with Crippen LogP contribution < -0.4 is 9.44 Å². The van der Waals surface area contributed by atoms with Gasteiger partial charge in [0.2, 0.25) is 5.91 Å². The van der Waals surface area contributed by atoms with Gasteiger partial charge in [-0.1, -0.05) is 0 Å². The number of hydrogen-bond acceptors (Lipinski definition) is 4. The molecule has 1 aliphatic heterocycles. The van der Waals surface area contributed by atoms with Crippen molar-refractivity contribution in [3.8, 4) is 0 Å². The van der Waals surface area contributed by atoms with Crippen LogP contribution in [0.3, 0.4) is 0 Å². The van der Waals surface area contributed by atoms with Gasteiger partial charge < -0.3 is 4.90 Å². The fourth-order valence-electron chi connectivity index (χ4n) is 1.41. The van der Waals surface area contributed by atoms with Crippen molar-refractivity contribution >= 4 is 18.0 Å². The number of hydrogen-bond donors (Lipinski definition) is 2. The zero-order valence-electron chi connectivity index (χ0n) is 8.01. The molecular weight excluding hydrogens is 186 g/mol. The minimum absolute atomic E-state index is 0.321. The Kier molecular flexibility index (Phi) is 5.19.